The summed E-state index contributed by atoms with van der Waals surface area (Å²) in [6, 6.07) is -0.515. The van der Waals surface area contributed by atoms with Crippen LogP contribution >= 0.6 is 11.3 Å². The molecule has 1 heterocycles. The van der Waals surface area contributed by atoms with E-state index < -0.39 is 6.04 Å². The highest BCUT2D eigenvalue weighted by molar-refractivity contribution is 7.15. The zero-order valence-corrected chi connectivity index (χ0v) is 12.1. The summed E-state index contributed by atoms with van der Waals surface area (Å²) in [6.45, 7) is 5.89. The molecule has 18 heavy (non-hydrogen) atoms. The molecular formula is C13H21N3OS. The average Bonchev–Trinajstić information content (AvgIpc) is 2.68. The number of carbonyl (C=O) groups excluding carboxylic acids is 1. The second-order valence-corrected chi connectivity index (χ2v) is 7.01. The van der Waals surface area contributed by atoms with E-state index in [4.69, 9.17) is 5.73 Å². The quantitative estimate of drug-likeness (QED) is 0.864. The monoisotopic (exact) mass is 267 g/mol. The smallest absolute Gasteiger partial charge is 0.243 e. The Morgan fingerprint density at radius 2 is 2.06 bits per heavy atom. The van der Waals surface area contributed by atoms with Crippen LogP contribution < -0.4 is 11.1 Å². The van der Waals surface area contributed by atoms with Crippen LogP contribution in [0.3, 0.4) is 0 Å². The fourth-order valence-corrected chi connectivity index (χ4v) is 3.03. The van der Waals surface area contributed by atoms with Gasteiger partial charge in [-0.05, 0) is 31.1 Å². The second-order valence-electron chi connectivity index (χ2n) is 5.93. The molecule has 1 amide bonds. The van der Waals surface area contributed by atoms with Crippen molar-refractivity contribution >= 4 is 22.4 Å². The largest absolute Gasteiger partial charge is 0.319 e. The lowest BCUT2D eigenvalue weighted by atomic mass is 9.87. The van der Waals surface area contributed by atoms with Gasteiger partial charge >= 0.3 is 0 Å². The Kier molecular flexibility index (Phi) is 3.73. The first-order chi connectivity index (χ1) is 8.38. The predicted octanol–water partition coefficient (Wildman–Crippen LogP) is 2.33. The van der Waals surface area contributed by atoms with Crippen molar-refractivity contribution in [2.24, 2.45) is 11.1 Å². The first-order valence-electron chi connectivity index (χ1n) is 6.43. The molecule has 1 aliphatic carbocycles. The molecule has 0 saturated heterocycles. The van der Waals surface area contributed by atoms with Gasteiger partial charge in [0.1, 0.15) is 0 Å². The number of aryl methyl sites for hydroxylation is 2. The first-order valence-corrected chi connectivity index (χ1v) is 7.24. The lowest BCUT2D eigenvalue weighted by molar-refractivity contribution is -0.119. The number of amides is 1. The van der Waals surface area contributed by atoms with Crippen LogP contribution in [0, 0.1) is 5.41 Å². The van der Waals surface area contributed by atoms with Crippen LogP contribution in [-0.4, -0.2) is 16.9 Å². The normalized spacial score (nSPS) is 17.1. The molecule has 0 spiro atoms. The zero-order chi connectivity index (χ0) is 13.3. The minimum absolute atomic E-state index is 0.145. The number of aromatic nitrogens is 1. The van der Waals surface area contributed by atoms with Crippen molar-refractivity contribution in [1.82, 2.24) is 4.98 Å². The van der Waals surface area contributed by atoms with Crippen LogP contribution in [0.1, 0.15) is 44.2 Å². The minimum atomic E-state index is -0.515. The second kappa shape index (κ2) is 4.97. The maximum absolute atomic E-state index is 12.0. The third kappa shape index (κ3) is 2.90. The number of carbonyl (C=O) groups is 1. The first kappa shape index (κ1) is 13.5. The van der Waals surface area contributed by atoms with E-state index in [0.29, 0.717) is 5.13 Å². The standard InChI is InChI=1S/C13H21N3OS/c1-13(2,3)10(14)11(17)16-12-15-8-6-4-5-7-9(8)18-12/h10H,4-7,14H2,1-3H3,(H,15,16,17)/t10-/m1/s1. The fourth-order valence-electron chi connectivity index (χ4n) is 1.98. The number of thiazole rings is 1. The fraction of sp³-hybridized carbons (Fsp3) is 0.692. The maximum Gasteiger partial charge on any atom is 0.243 e. The number of nitrogens with one attached hydrogen (secondary N) is 1. The van der Waals surface area contributed by atoms with Gasteiger partial charge in [0.05, 0.1) is 11.7 Å². The summed E-state index contributed by atoms with van der Waals surface area (Å²) in [7, 11) is 0. The average molecular weight is 267 g/mol. The highest BCUT2D eigenvalue weighted by atomic mass is 32.1. The molecule has 1 atom stereocenters. The van der Waals surface area contributed by atoms with E-state index in [-0.39, 0.29) is 11.3 Å². The van der Waals surface area contributed by atoms with Gasteiger partial charge in [0, 0.05) is 4.88 Å². The molecule has 4 nitrogen and oxygen atoms in total. The number of rotatable bonds is 2. The molecule has 3 N–H and O–H groups in total. The molecule has 0 aliphatic heterocycles. The van der Waals surface area contributed by atoms with Gasteiger partial charge in [-0.1, -0.05) is 20.8 Å². The van der Waals surface area contributed by atoms with E-state index in [1.165, 1.54) is 17.7 Å². The van der Waals surface area contributed by atoms with Crippen LogP contribution in [0.2, 0.25) is 0 Å². The van der Waals surface area contributed by atoms with Crippen LogP contribution in [0.5, 0.6) is 0 Å². The number of nitrogens with zero attached hydrogens (tertiary/aromatic N) is 1. The van der Waals surface area contributed by atoms with E-state index >= 15 is 0 Å². The summed E-state index contributed by atoms with van der Waals surface area (Å²) in [5, 5.41) is 3.55. The third-order valence-corrected chi connectivity index (χ3v) is 4.36. The number of hydrogen-bond acceptors (Lipinski definition) is 4. The maximum atomic E-state index is 12.0. The molecule has 5 heteroatoms. The van der Waals surface area contributed by atoms with Gasteiger partial charge in [0.2, 0.25) is 5.91 Å². The van der Waals surface area contributed by atoms with Crippen LogP contribution in [0.25, 0.3) is 0 Å². The molecule has 0 saturated carbocycles. The Morgan fingerprint density at radius 1 is 1.39 bits per heavy atom. The van der Waals surface area contributed by atoms with E-state index in [1.54, 1.807) is 11.3 Å². The van der Waals surface area contributed by atoms with E-state index in [9.17, 15) is 4.79 Å². The number of nitrogens with two attached hydrogens (primary N) is 1. The Morgan fingerprint density at radius 3 is 2.67 bits per heavy atom. The van der Waals surface area contributed by atoms with Crippen molar-refractivity contribution in [3.05, 3.63) is 10.6 Å². The lowest BCUT2D eigenvalue weighted by Gasteiger charge is -2.25. The summed E-state index contributed by atoms with van der Waals surface area (Å²) < 4.78 is 0. The van der Waals surface area contributed by atoms with E-state index in [1.807, 2.05) is 20.8 Å². The van der Waals surface area contributed by atoms with Crippen LogP contribution in [-0.2, 0) is 17.6 Å². The Balaban J connectivity index is 2.05. The van der Waals surface area contributed by atoms with Crippen LogP contribution in [0.15, 0.2) is 0 Å². The molecule has 1 aliphatic rings. The molecule has 0 bridgehead atoms. The van der Waals surface area contributed by atoms with Crippen molar-refractivity contribution in [3.8, 4) is 0 Å². The SMILES string of the molecule is CC(C)(C)[C@H](N)C(=O)Nc1nc2c(s1)CCCC2. The van der Waals surface area contributed by atoms with Crippen molar-refractivity contribution in [1.29, 1.82) is 0 Å². The topological polar surface area (TPSA) is 68.0 Å². The molecule has 1 aromatic rings. The number of hydrogen-bond donors (Lipinski definition) is 2. The van der Waals surface area contributed by atoms with Gasteiger partial charge in [-0.25, -0.2) is 4.98 Å². The summed E-state index contributed by atoms with van der Waals surface area (Å²) in [6.07, 6.45) is 4.55. The summed E-state index contributed by atoms with van der Waals surface area (Å²) in [5.41, 5.74) is 6.85. The van der Waals surface area contributed by atoms with Gasteiger partial charge < -0.3 is 11.1 Å². The van der Waals surface area contributed by atoms with Crippen molar-refractivity contribution in [2.45, 2.75) is 52.5 Å². The van der Waals surface area contributed by atoms with Gasteiger partial charge in [-0.2, -0.15) is 0 Å². The van der Waals surface area contributed by atoms with E-state index in [0.717, 1.165) is 18.5 Å². The van der Waals surface area contributed by atoms with Crippen LogP contribution in [0.4, 0.5) is 5.13 Å². The molecular weight excluding hydrogens is 246 g/mol. The third-order valence-electron chi connectivity index (χ3n) is 3.29. The molecule has 0 fully saturated rings. The summed E-state index contributed by atoms with van der Waals surface area (Å²) in [5.74, 6) is -0.145. The summed E-state index contributed by atoms with van der Waals surface area (Å²) >= 11 is 1.59. The van der Waals surface area contributed by atoms with Gasteiger partial charge in [-0.15, -0.1) is 11.3 Å². The summed E-state index contributed by atoms with van der Waals surface area (Å²) in [4.78, 5) is 17.8. The molecule has 0 unspecified atom stereocenters. The molecule has 2 rings (SSSR count). The molecule has 0 aromatic carbocycles. The molecule has 0 radical (unpaired) electrons. The number of fused-ring (bicyclic) bond motifs is 1. The Labute approximate surface area is 112 Å². The Hall–Kier alpha value is -0.940. The zero-order valence-electron chi connectivity index (χ0n) is 11.2. The van der Waals surface area contributed by atoms with Crippen molar-refractivity contribution in [3.63, 3.8) is 0 Å². The van der Waals surface area contributed by atoms with Crippen molar-refractivity contribution < 1.29 is 4.79 Å². The lowest BCUT2D eigenvalue weighted by Crippen LogP contribution is -2.45. The molecule has 1 aromatic heterocycles. The predicted molar refractivity (Wildman–Crippen MR) is 74.8 cm³/mol. The van der Waals surface area contributed by atoms with E-state index in [2.05, 4.69) is 10.3 Å². The minimum Gasteiger partial charge on any atom is -0.319 e. The number of anilines is 1. The highest BCUT2D eigenvalue weighted by Gasteiger charge is 2.28. The van der Waals surface area contributed by atoms with Gasteiger partial charge in [0.15, 0.2) is 5.13 Å². The van der Waals surface area contributed by atoms with Crippen molar-refractivity contribution in [2.75, 3.05) is 5.32 Å². The van der Waals surface area contributed by atoms with Gasteiger partial charge in [0.25, 0.3) is 0 Å². The Bertz CT molecular complexity index is 424. The molecule has 100 valence electrons. The van der Waals surface area contributed by atoms with Gasteiger partial charge in [-0.3, -0.25) is 4.79 Å². The highest BCUT2D eigenvalue weighted by Crippen LogP contribution is 2.30.